The lowest BCUT2D eigenvalue weighted by atomic mass is 9.81. The zero-order valence-electron chi connectivity index (χ0n) is 21.1. The maximum Gasteiger partial charge on any atom is 0.329 e. The highest BCUT2D eigenvalue weighted by Crippen LogP contribution is 2.47. The molecule has 4 rings (SSSR count). The molecule has 0 radical (unpaired) electrons. The maximum atomic E-state index is 13.4. The Kier molecular flexibility index (Phi) is 7.57. The zero-order valence-corrected chi connectivity index (χ0v) is 21.1. The van der Waals surface area contributed by atoms with E-state index in [0.717, 1.165) is 16.8 Å². The van der Waals surface area contributed by atoms with Crippen LogP contribution >= 0.6 is 0 Å². The summed E-state index contributed by atoms with van der Waals surface area (Å²) >= 11 is 0. The summed E-state index contributed by atoms with van der Waals surface area (Å²) in [7, 11) is 5.66. The van der Waals surface area contributed by atoms with Crippen molar-refractivity contribution in [2.45, 2.75) is 6.42 Å². The highest BCUT2D eigenvalue weighted by atomic mass is 16.5. The number of nitrogens with zero attached hydrogens (tertiary/aromatic N) is 1. The number of carbonyl (C=O) groups excluding carboxylic acids is 2. The lowest BCUT2D eigenvalue weighted by Crippen LogP contribution is -2.46. The normalized spacial score (nSPS) is 15.3. The van der Waals surface area contributed by atoms with Gasteiger partial charge in [0.1, 0.15) is 11.5 Å². The van der Waals surface area contributed by atoms with Crippen molar-refractivity contribution in [2.75, 3.05) is 33.8 Å². The molecule has 8 nitrogen and oxygen atoms in total. The molecule has 0 aromatic heterocycles. The molecule has 0 aliphatic heterocycles. The van der Waals surface area contributed by atoms with E-state index in [1.54, 1.807) is 38.5 Å². The van der Waals surface area contributed by atoms with Gasteiger partial charge < -0.3 is 24.3 Å². The number of anilines is 1. The predicted octanol–water partition coefficient (Wildman–Crippen LogP) is 5.04. The number of methoxy groups -OCH3 is 4. The second-order valence-electron chi connectivity index (χ2n) is 8.30. The van der Waals surface area contributed by atoms with Gasteiger partial charge in [-0.15, -0.1) is 0 Å². The number of allylic oxidation sites excluding steroid dienone is 2. The van der Waals surface area contributed by atoms with E-state index in [-0.39, 0.29) is 12.1 Å². The van der Waals surface area contributed by atoms with Crippen molar-refractivity contribution in [2.24, 2.45) is 10.4 Å². The van der Waals surface area contributed by atoms with Gasteiger partial charge in [0.05, 0.1) is 45.5 Å². The molecule has 37 heavy (non-hydrogen) atoms. The molecule has 3 aromatic rings. The molecule has 0 amide bonds. The predicted molar refractivity (Wildman–Crippen MR) is 141 cm³/mol. The number of rotatable bonds is 8. The fraction of sp³-hybridized carbons (Fsp3) is 0.207. The van der Waals surface area contributed by atoms with Gasteiger partial charge in [-0.05, 0) is 59.7 Å². The van der Waals surface area contributed by atoms with E-state index in [9.17, 15) is 9.59 Å². The largest absolute Gasteiger partial charge is 0.497 e. The second kappa shape index (κ2) is 11.0. The lowest BCUT2D eigenvalue weighted by Gasteiger charge is -2.25. The Morgan fingerprint density at radius 3 is 1.81 bits per heavy atom. The quantitative estimate of drug-likeness (QED) is 0.342. The Labute approximate surface area is 215 Å². The van der Waals surface area contributed by atoms with Crippen LogP contribution in [0.5, 0.6) is 11.5 Å². The Balaban J connectivity index is 1.97. The minimum absolute atomic E-state index is 0.00381. The molecule has 0 unspecified atom stereocenters. The average molecular weight is 501 g/mol. The highest BCUT2D eigenvalue weighted by molar-refractivity contribution is 6.34. The first kappa shape index (κ1) is 25.5. The minimum Gasteiger partial charge on any atom is -0.497 e. The third kappa shape index (κ3) is 4.91. The second-order valence-corrected chi connectivity index (χ2v) is 8.30. The van der Waals surface area contributed by atoms with E-state index in [2.05, 4.69) is 5.32 Å². The number of nitrogens with one attached hydrogen (secondary N) is 1. The van der Waals surface area contributed by atoms with Crippen molar-refractivity contribution in [3.63, 3.8) is 0 Å². The fourth-order valence-electron chi connectivity index (χ4n) is 4.34. The van der Waals surface area contributed by atoms with Gasteiger partial charge in [-0.2, -0.15) is 0 Å². The summed E-state index contributed by atoms with van der Waals surface area (Å²) in [6, 6.07) is 23.8. The topological polar surface area (TPSA) is 95.5 Å². The van der Waals surface area contributed by atoms with Gasteiger partial charge >= 0.3 is 11.9 Å². The van der Waals surface area contributed by atoms with E-state index in [4.69, 9.17) is 23.9 Å². The van der Waals surface area contributed by atoms with Gasteiger partial charge in [0, 0.05) is 12.1 Å². The van der Waals surface area contributed by atoms with Crippen LogP contribution in [0.15, 0.2) is 89.6 Å². The van der Waals surface area contributed by atoms with Gasteiger partial charge in [-0.1, -0.05) is 30.3 Å². The van der Waals surface area contributed by atoms with E-state index < -0.39 is 17.4 Å². The molecule has 190 valence electrons. The van der Waals surface area contributed by atoms with E-state index in [1.807, 2.05) is 54.6 Å². The Morgan fingerprint density at radius 2 is 1.30 bits per heavy atom. The van der Waals surface area contributed by atoms with Crippen molar-refractivity contribution in [3.05, 3.63) is 90.1 Å². The monoisotopic (exact) mass is 500 g/mol. The average Bonchev–Trinajstić information content (AvgIpc) is 3.27. The van der Waals surface area contributed by atoms with Crippen molar-refractivity contribution >= 4 is 34.6 Å². The Hall–Kier alpha value is -4.59. The Morgan fingerprint density at radius 1 is 0.757 bits per heavy atom. The molecule has 0 atom stereocenters. The fourth-order valence-corrected chi connectivity index (χ4v) is 4.34. The van der Waals surface area contributed by atoms with Gasteiger partial charge in [0.15, 0.2) is 0 Å². The number of esters is 2. The highest BCUT2D eigenvalue weighted by Gasteiger charge is 2.59. The third-order valence-corrected chi connectivity index (χ3v) is 6.25. The zero-order chi connectivity index (χ0) is 26.4. The standard InChI is InChI=1S/C29H28N2O6/c1-34-22-14-10-20(11-15-22)30-25-24(19-8-6-5-7-9-19)18-29(27(32)36-3,28(33)37-4)26(25)31-21-12-16-23(35-2)17-13-21/h5-17,30H,18H2,1-4H3. The first-order chi connectivity index (χ1) is 18.0. The van der Waals surface area contributed by atoms with Gasteiger partial charge in [0.25, 0.3) is 0 Å². The van der Waals surface area contributed by atoms with Crippen LogP contribution in [0, 0.1) is 5.41 Å². The number of carbonyl (C=O) groups is 2. The summed E-state index contributed by atoms with van der Waals surface area (Å²) in [5.41, 5.74) is 1.70. The molecular weight excluding hydrogens is 472 g/mol. The SMILES string of the molecule is COC(=O)C1(C(=O)OC)CC(c2ccccc2)=C(Nc2ccc(OC)cc2)C1=Nc1ccc(OC)cc1. The van der Waals surface area contributed by atoms with E-state index >= 15 is 0 Å². The summed E-state index contributed by atoms with van der Waals surface area (Å²) in [6.45, 7) is 0. The van der Waals surface area contributed by atoms with Crippen LogP contribution in [-0.4, -0.2) is 46.1 Å². The van der Waals surface area contributed by atoms with E-state index in [1.165, 1.54) is 14.2 Å². The van der Waals surface area contributed by atoms with Gasteiger partial charge in [0.2, 0.25) is 5.41 Å². The van der Waals surface area contributed by atoms with E-state index in [0.29, 0.717) is 22.9 Å². The Bertz CT molecular complexity index is 1310. The summed E-state index contributed by atoms with van der Waals surface area (Å²) in [6.07, 6.45) is 0.00381. The third-order valence-electron chi connectivity index (χ3n) is 6.25. The van der Waals surface area contributed by atoms with Crippen molar-refractivity contribution < 1.29 is 28.5 Å². The molecular formula is C29H28N2O6. The van der Waals surface area contributed by atoms with Crippen LogP contribution in [0.1, 0.15) is 12.0 Å². The molecule has 0 fully saturated rings. The van der Waals surface area contributed by atoms with Crippen LogP contribution in [-0.2, 0) is 19.1 Å². The van der Waals surface area contributed by atoms with Crippen LogP contribution in [0.3, 0.4) is 0 Å². The molecule has 1 aliphatic carbocycles. The van der Waals surface area contributed by atoms with Crippen molar-refractivity contribution in [1.29, 1.82) is 0 Å². The maximum absolute atomic E-state index is 13.4. The molecule has 0 saturated carbocycles. The number of benzene rings is 3. The molecule has 1 aliphatic rings. The summed E-state index contributed by atoms with van der Waals surface area (Å²) < 4.78 is 20.9. The van der Waals surface area contributed by atoms with Gasteiger partial charge in [-0.25, -0.2) is 4.99 Å². The lowest BCUT2D eigenvalue weighted by molar-refractivity contribution is -0.162. The molecule has 0 saturated heterocycles. The van der Waals surface area contributed by atoms with Crippen LogP contribution < -0.4 is 14.8 Å². The molecule has 0 heterocycles. The first-order valence-corrected chi connectivity index (χ1v) is 11.6. The number of hydrogen-bond acceptors (Lipinski definition) is 8. The summed E-state index contributed by atoms with van der Waals surface area (Å²) in [4.78, 5) is 31.6. The van der Waals surface area contributed by atoms with Crippen molar-refractivity contribution in [1.82, 2.24) is 0 Å². The first-order valence-electron chi connectivity index (χ1n) is 11.6. The number of ether oxygens (including phenoxy) is 4. The van der Waals surface area contributed by atoms with Crippen molar-refractivity contribution in [3.8, 4) is 11.5 Å². The molecule has 1 N–H and O–H groups in total. The molecule has 3 aromatic carbocycles. The summed E-state index contributed by atoms with van der Waals surface area (Å²) in [5, 5.41) is 3.40. The minimum atomic E-state index is -1.82. The molecule has 0 spiro atoms. The van der Waals surface area contributed by atoms with Crippen LogP contribution in [0.25, 0.3) is 5.57 Å². The number of aliphatic imine (C=N–C) groups is 1. The van der Waals surface area contributed by atoms with Crippen LogP contribution in [0.4, 0.5) is 11.4 Å². The smallest absolute Gasteiger partial charge is 0.329 e. The number of hydrogen-bond donors (Lipinski definition) is 1. The molecule has 8 heteroatoms. The van der Waals surface area contributed by atoms with Crippen LogP contribution in [0.2, 0.25) is 0 Å². The summed E-state index contributed by atoms with van der Waals surface area (Å²) in [5.74, 6) is -0.169. The molecule has 0 bridgehead atoms. The van der Waals surface area contributed by atoms with Gasteiger partial charge in [-0.3, -0.25) is 9.59 Å².